The average molecular weight is 506 g/mol. The summed E-state index contributed by atoms with van der Waals surface area (Å²) in [5.41, 5.74) is 0.620. The van der Waals surface area contributed by atoms with Crippen LogP contribution in [-0.4, -0.2) is 48.0 Å². The van der Waals surface area contributed by atoms with E-state index in [0.717, 1.165) is 54.0 Å². The second-order valence-corrected chi connectivity index (χ2v) is 9.73. The van der Waals surface area contributed by atoms with E-state index >= 15 is 0 Å². The fraction of sp³-hybridized carbons (Fsp3) is 0.565. The minimum atomic E-state index is -0.344. The van der Waals surface area contributed by atoms with Crippen molar-refractivity contribution in [2.45, 2.75) is 62.9 Å². The van der Waals surface area contributed by atoms with E-state index < -0.39 is 0 Å². The standard InChI is InChI=1S/C23H31IN4O/c1-2-3-14-27-15-12-23(13-16-27)21(25-19-9-5-4-6-10-19)26-22(29)28(23)20-11-7-8-18(24)17-20/h2,7-8,11,17,19H,1,3-6,9-10,12-16H2,(H,25,26,29). The number of anilines is 1. The van der Waals surface area contributed by atoms with Gasteiger partial charge in [-0.1, -0.05) is 31.4 Å². The molecule has 29 heavy (non-hydrogen) atoms. The normalized spacial score (nSPS) is 22.7. The van der Waals surface area contributed by atoms with Crippen molar-refractivity contribution in [2.24, 2.45) is 4.99 Å². The van der Waals surface area contributed by atoms with E-state index in [1.165, 1.54) is 32.1 Å². The van der Waals surface area contributed by atoms with Gasteiger partial charge in [-0.15, -0.1) is 6.58 Å². The van der Waals surface area contributed by atoms with E-state index in [-0.39, 0.29) is 11.6 Å². The maximum atomic E-state index is 13.1. The number of nitrogens with zero attached hydrogens (tertiary/aromatic N) is 3. The van der Waals surface area contributed by atoms with Crippen LogP contribution in [0.5, 0.6) is 0 Å². The molecule has 4 rings (SSSR count). The molecule has 0 aromatic heterocycles. The molecule has 0 atom stereocenters. The number of piperidine rings is 1. The van der Waals surface area contributed by atoms with Crippen molar-refractivity contribution in [2.75, 3.05) is 24.5 Å². The molecular formula is C23H31IN4O. The molecule has 3 aliphatic rings. The molecule has 2 fully saturated rings. The Kier molecular flexibility index (Phi) is 6.59. The average Bonchev–Trinajstić information content (AvgIpc) is 2.99. The molecular weight excluding hydrogens is 475 g/mol. The third kappa shape index (κ3) is 4.38. The van der Waals surface area contributed by atoms with Gasteiger partial charge in [-0.3, -0.25) is 4.90 Å². The number of aliphatic imine (C=N–C) groups is 1. The number of amides is 2. The molecule has 1 spiro atoms. The van der Waals surface area contributed by atoms with Crippen LogP contribution in [0.2, 0.25) is 0 Å². The highest BCUT2D eigenvalue weighted by Gasteiger charge is 2.52. The smallest absolute Gasteiger partial charge is 0.350 e. The van der Waals surface area contributed by atoms with Crippen molar-refractivity contribution >= 4 is 40.1 Å². The number of halogens is 1. The quantitative estimate of drug-likeness (QED) is 0.454. The first kappa shape index (κ1) is 20.8. The largest absolute Gasteiger partial charge is 0.369 e. The van der Waals surface area contributed by atoms with Crippen LogP contribution in [0.25, 0.3) is 0 Å². The van der Waals surface area contributed by atoms with Gasteiger partial charge in [0.15, 0.2) is 0 Å². The van der Waals surface area contributed by atoms with Gasteiger partial charge in [0, 0.05) is 34.9 Å². The number of nitrogens with one attached hydrogen (secondary N) is 1. The molecule has 1 saturated heterocycles. The van der Waals surface area contributed by atoms with E-state index in [2.05, 4.69) is 56.5 Å². The molecule has 1 saturated carbocycles. The lowest BCUT2D eigenvalue weighted by Gasteiger charge is -2.45. The summed E-state index contributed by atoms with van der Waals surface area (Å²) in [5, 5.41) is 3.73. The van der Waals surface area contributed by atoms with Gasteiger partial charge in [0.05, 0.1) is 0 Å². The van der Waals surface area contributed by atoms with Gasteiger partial charge in [-0.05, 0) is 72.9 Å². The molecule has 0 radical (unpaired) electrons. The number of amidine groups is 1. The molecule has 1 aromatic carbocycles. The van der Waals surface area contributed by atoms with Crippen molar-refractivity contribution < 1.29 is 4.79 Å². The molecule has 2 heterocycles. The molecule has 0 bridgehead atoms. The first-order chi connectivity index (χ1) is 14.1. The van der Waals surface area contributed by atoms with Crippen LogP contribution in [0.4, 0.5) is 10.5 Å². The molecule has 1 N–H and O–H groups in total. The van der Waals surface area contributed by atoms with E-state index in [0.29, 0.717) is 6.04 Å². The van der Waals surface area contributed by atoms with Crippen LogP contribution in [0, 0.1) is 3.57 Å². The van der Waals surface area contributed by atoms with Gasteiger partial charge in [0.25, 0.3) is 0 Å². The Morgan fingerprint density at radius 1 is 1.24 bits per heavy atom. The number of carbonyl (C=O) groups excluding carboxylic acids is 1. The summed E-state index contributed by atoms with van der Waals surface area (Å²) in [4.78, 5) is 22.2. The number of urea groups is 1. The number of carbonyl (C=O) groups is 1. The Bertz CT molecular complexity index is 779. The second kappa shape index (κ2) is 9.16. The fourth-order valence-electron chi connectivity index (χ4n) is 5.00. The van der Waals surface area contributed by atoms with Crippen LogP contribution >= 0.6 is 22.6 Å². The predicted octanol–water partition coefficient (Wildman–Crippen LogP) is 4.96. The summed E-state index contributed by atoms with van der Waals surface area (Å²) < 4.78 is 1.14. The SMILES string of the molecule is C=CCCN1CCC2(CC1)C(NC1CCCCC1)=NC(=O)N2c1cccc(I)c1. The Morgan fingerprint density at radius 3 is 2.69 bits per heavy atom. The molecule has 2 aliphatic heterocycles. The monoisotopic (exact) mass is 506 g/mol. The molecule has 6 heteroatoms. The summed E-state index contributed by atoms with van der Waals surface area (Å²) in [5.74, 6) is 0.914. The van der Waals surface area contributed by atoms with E-state index in [1.54, 1.807) is 0 Å². The molecule has 5 nitrogen and oxygen atoms in total. The van der Waals surface area contributed by atoms with Crippen LogP contribution in [0.3, 0.4) is 0 Å². The summed E-state index contributed by atoms with van der Waals surface area (Å²) in [6, 6.07) is 8.57. The van der Waals surface area contributed by atoms with Crippen molar-refractivity contribution in [3.8, 4) is 0 Å². The van der Waals surface area contributed by atoms with Gasteiger partial charge >= 0.3 is 6.03 Å². The molecule has 0 unspecified atom stereocenters. The van der Waals surface area contributed by atoms with Gasteiger partial charge in [-0.25, -0.2) is 4.79 Å². The first-order valence-corrected chi connectivity index (χ1v) is 12.0. The second-order valence-electron chi connectivity index (χ2n) is 8.49. The summed E-state index contributed by atoms with van der Waals surface area (Å²) >= 11 is 2.32. The van der Waals surface area contributed by atoms with E-state index in [4.69, 9.17) is 0 Å². The van der Waals surface area contributed by atoms with Crippen molar-refractivity contribution in [1.29, 1.82) is 0 Å². The van der Waals surface area contributed by atoms with Gasteiger partial charge < -0.3 is 10.2 Å². The Hall–Kier alpha value is -1.41. The number of hydrogen-bond acceptors (Lipinski definition) is 3. The summed E-state index contributed by atoms with van der Waals surface area (Å²) in [6.45, 7) is 6.85. The third-order valence-electron chi connectivity index (χ3n) is 6.61. The Morgan fingerprint density at radius 2 is 2.00 bits per heavy atom. The maximum absolute atomic E-state index is 13.1. The minimum absolute atomic E-state index is 0.121. The maximum Gasteiger partial charge on any atom is 0.350 e. The zero-order chi connectivity index (χ0) is 20.3. The molecule has 1 aromatic rings. The lowest BCUT2D eigenvalue weighted by Crippen LogP contribution is -2.62. The van der Waals surface area contributed by atoms with Crippen LogP contribution in [0.15, 0.2) is 41.9 Å². The molecule has 2 amide bonds. The number of benzene rings is 1. The predicted molar refractivity (Wildman–Crippen MR) is 128 cm³/mol. The lowest BCUT2D eigenvalue weighted by molar-refractivity contribution is 0.191. The summed E-state index contributed by atoms with van der Waals surface area (Å²) in [6.07, 6.45) is 11.0. The Balaban J connectivity index is 1.61. The van der Waals surface area contributed by atoms with Crippen LogP contribution in [-0.2, 0) is 0 Å². The molecule has 1 aliphatic carbocycles. The highest BCUT2D eigenvalue weighted by molar-refractivity contribution is 14.1. The first-order valence-electron chi connectivity index (χ1n) is 10.9. The van der Waals surface area contributed by atoms with Crippen LogP contribution < -0.4 is 10.2 Å². The van der Waals surface area contributed by atoms with Gasteiger partial charge in [-0.2, -0.15) is 4.99 Å². The highest BCUT2D eigenvalue weighted by Crippen LogP contribution is 2.39. The van der Waals surface area contributed by atoms with Crippen LogP contribution in [0.1, 0.15) is 51.4 Å². The lowest BCUT2D eigenvalue weighted by atomic mass is 9.83. The van der Waals surface area contributed by atoms with Crippen molar-refractivity contribution in [1.82, 2.24) is 10.2 Å². The third-order valence-corrected chi connectivity index (χ3v) is 7.28. The Labute approximate surface area is 187 Å². The zero-order valence-corrected chi connectivity index (χ0v) is 19.2. The highest BCUT2D eigenvalue weighted by atomic mass is 127. The number of hydrogen-bond donors (Lipinski definition) is 1. The zero-order valence-electron chi connectivity index (χ0n) is 17.1. The van der Waals surface area contributed by atoms with Gasteiger partial charge in [0.1, 0.15) is 11.4 Å². The molecule has 156 valence electrons. The number of likely N-dealkylation sites (tertiary alicyclic amines) is 1. The topological polar surface area (TPSA) is 47.9 Å². The van der Waals surface area contributed by atoms with E-state index in [1.807, 2.05) is 23.1 Å². The van der Waals surface area contributed by atoms with E-state index in [9.17, 15) is 4.79 Å². The summed E-state index contributed by atoms with van der Waals surface area (Å²) in [7, 11) is 0. The van der Waals surface area contributed by atoms with Crippen molar-refractivity contribution in [3.05, 3.63) is 40.5 Å². The van der Waals surface area contributed by atoms with Crippen molar-refractivity contribution in [3.63, 3.8) is 0 Å². The fourth-order valence-corrected chi connectivity index (χ4v) is 5.53. The van der Waals surface area contributed by atoms with Gasteiger partial charge in [0.2, 0.25) is 0 Å². The minimum Gasteiger partial charge on any atom is -0.369 e. The number of rotatable bonds is 5.